The highest BCUT2D eigenvalue weighted by atomic mass is 32.2. The second-order valence-electron chi connectivity index (χ2n) is 4.73. The Kier molecular flexibility index (Phi) is 4.92. The van der Waals surface area contributed by atoms with Gasteiger partial charge in [0.25, 0.3) is 5.22 Å². The van der Waals surface area contributed by atoms with Crippen LogP contribution in [0.2, 0.25) is 0 Å². The van der Waals surface area contributed by atoms with E-state index in [-0.39, 0.29) is 0 Å². The summed E-state index contributed by atoms with van der Waals surface area (Å²) in [6.45, 7) is 2.07. The van der Waals surface area contributed by atoms with Crippen LogP contribution in [0.5, 0.6) is 5.75 Å². The van der Waals surface area contributed by atoms with Crippen LogP contribution in [-0.4, -0.2) is 27.5 Å². The first kappa shape index (κ1) is 15.5. The molecule has 2 heterocycles. The predicted octanol–water partition coefficient (Wildman–Crippen LogP) is 3.37. The second kappa shape index (κ2) is 7.28. The van der Waals surface area contributed by atoms with Gasteiger partial charge in [0.15, 0.2) is 0 Å². The van der Waals surface area contributed by atoms with E-state index >= 15 is 0 Å². The van der Waals surface area contributed by atoms with Gasteiger partial charge in [0, 0.05) is 12.0 Å². The van der Waals surface area contributed by atoms with E-state index < -0.39 is 0 Å². The number of benzene rings is 1. The summed E-state index contributed by atoms with van der Waals surface area (Å²) in [4.78, 5) is 0. The fourth-order valence-corrected chi connectivity index (χ4v) is 2.54. The molecule has 0 aliphatic rings. The summed E-state index contributed by atoms with van der Waals surface area (Å²) < 4.78 is 16.3. The maximum absolute atomic E-state index is 5.66. The highest BCUT2D eigenvalue weighted by Crippen LogP contribution is 2.25. The summed E-state index contributed by atoms with van der Waals surface area (Å²) in [5.74, 6) is 2.83. The van der Waals surface area contributed by atoms with Crippen molar-refractivity contribution < 1.29 is 13.6 Å². The van der Waals surface area contributed by atoms with Gasteiger partial charge in [-0.15, -0.1) is 20.4 Å². The number of hydrogen-bond donors (Lipinski definition) is 0. The average molecular weight is 332 g/mol. The molecule has 0 radical (unpaired) electrons. The van der Waals surface area contributed by atoms with E-state index in [0.717, 1.165) is 24.2 Å². The van der Waals surface area contributed by atoms with Gasteiger partial charge in [-0.3, -0.25) is 0 Å². The summed E-state index contributed by atoms with van der Waals surface area (Å²) >= 11 is 1.38. The van der Waals surface area contributed by atoms with Crippen LogP contribution < -0.4 is 4.74 Å². The topological polar surface area (TPSA) is 87.1 Å². The molecule has 3 aromatic rings. The number of hydrogen-bond acceptors (Lipinski definition) is 8. The minimum atomic E-state index is 0.455. The van der Waals surface area contributed by atoms with E-state index in [1.165, 1.54) is 11.8 Å². The van der Waals surface area contributed by atoms with Crippen molar-refractivity contribution in [2.45, 2.75) is 30.7 Å². The molecule has 0 amide bonds. The Balaban J connectivity index is 1.64. The zero-order valence-corrected chi connectivity index (χ0v) is 13.7. The zero-order chi connectivity index (χ0) is 16.1. The van der Waals surface area contributed by atoms with Crippen LogP contribution in [0.15, 0.2) is 38.3 Å². The Labute approximate surface area is 137 Å². The molecule has 3 rings (SSSR count). The molecule has 7 nitrogen and oxygen atoms in total. The summed E-state index contributed by atoms with van der Waals surface area (Å²) in [5.41, 5.74) is 0.816. The number of aromatic nitrogens is 4. The first-order chi connectivity index (χ1) is 11.3. The Bertz CT molecular complexity index is 771. The lowest BCUT2D eigenvalue weighted by Gasteiger charge is -2.00. The van der Waals surface area contributed by atoms with Gasteiger partial charge in [0.2, 0.25) is 17.7 Å². The van der Waals surface area contributed by atoms with Crippen molar-refractivity contribution in [3.63, 3.8) is 0 Å². The number of aryl methyl sites for hydroxylation is 1. The maximum atomic E-state index is 5.66. The molecular formula is C15H16N4O3S. The molecule has 0 aliphatic carbocycles. The quantitative estimate of drug-likeness (QED) is 0.609. The van der Waals surface area contributed by atoms with E-state index in [2.05, 4.69) is 27.3 Å². The van der Waals surface area contributed by atoms with Gasteiger partial charge in [-0.2, -0.15) is 0 Å². The number of rotatable bonds is 7. The average Bonchev–Trinajstić information content (AvgIpc) is 3.23. The standard InChI is InChI=1S/C15H16N4O3S/c1-3-5-12-16-19-15(22-12)23-9-13-17-18-14(21-13)10-6-4-7-11(8-10)20-2/h4,6-8H,3,5,9H2,1-2H3. The normalized spacial score (nSPS) is 10.9. The van der Waals surface area contributed by atoms with E-state index in [9.17, 15) is 0 Å². The van der Waals surface area contributed by atoms with Crippen molar-refractivity contribution in [3.8, 4) is 17.2 Å². The van der Waals surface area contributed by atoms with Crippen molar-refractivity contribution in [3.05, 3.63) is 36.0 Å². The minimum Gasteiger partial charge on any atom is -0.497 e. The molecule has 0 saturated carbocycles. The molecule has 23 heavy (non-hydrogen) atoms. The van der Waals surface area contributed by atoms with Crippen LogP contribution in [0.3, 0.4) is 0 Å². The van der Waals surface area contributed by atoms with Crippen molar-refractivity contribution >= 4 is 11.8 Å². The number of ether oxygens (including phenoxy) is 1. The minimum absolute atomic E-state index is 0.455. The van der Waals surface area contributed by atoms with Crippen molar-refractivity contribution in [2.24, 2.45) is 0 Å². The number of nitrogens with zero attached hydrogens (tertiary/aromatic N) is 4. The van der Waals surface area contributed by atoms with Crippen molar-refractivity contribution in [1.29, 1.82) is 0 Å². The molecule has 120 valence electrons. The van der Waals surface area contributed by atoms with Crippen molar-refractivity contribution in [1.82, 2.24) is 20.4 Å². The van der Waals surface area contributed by atoms with Gasteiger partial charge in [-0.05, 0) is 24.6 Å². The smallest absolute Gasteiger partial charge is 0.277 e. The summed E-state index contributed by atoms with van der Waals surface area (Å²) in [6.07, 6.45) is 1.76. The van der Waals surface area contributed by atoms with Gasteiger partial charge >= 0.3 is 0 Å². The lowest BCUT2D eigenvalue weighted by molar-refractivity contribution is 0.411. The van der Waals surface area contributed by atoms with Crippen LogP contribution in [0, 0.1) is 0 Å². The lowest BCUT2D eigenvalue weighted by atomic mass is 10.2. The lowest BCUT2D eigenvalue weighted by Crippen LogP contribution is -1.83. The molecule has 0 saturated heterocycles. The molecule has 0 atom stereocenters. The van der Waals surface area contributed by atoms with Gasteiger partial charge in [0.1, 0.15) is 5.75 Å². The molecule has 0 spiro atoms. The van der Waals surface area contributed by atoms with Gasteiger partial charge in [0.05, 0.1) is 12.9 Å². The first-order valence-corrected chi connectivity index (χ1v) is 8.19. The van der Waals surface area contributed by atoms with Gasteiger partial charge in [-0.25, -0.2) is 0 Å². The first-order valence-electron chi connectivity index (χ1n) is 7.20. The highest BCUT2D eigenvalue weighted by molar-refractivity contribution is 7.98. The fourth-order valence-electron chi connectivity index (χ4n) is 1.92. The predicted molar refractivity (Wildman–Crippen MR) is 84.1 cm³/mol. The Morgan fingerprint density at radius 3 is 2.78 bits per heavy atom. The van der Waals surface area contributed by atoms with E-state index in [0.29, 0.717) is 28.6 Å². The molecule has 0 unspecified atom stereocenters. The Morgan fingerprint density at radius 2 is 1.96 bits per heavy atom. The number of methoxy groups -OCH3 is 1. The second-order valence-corrected chi connectivity index (χ2v) is 5.66. The molecule has 2 aromatic heterocycles. The Hall–Kier alpha value is -2.35. The summed E-state index contributed by atoms with van der Waals surface area (Å²) in [5, 5.41) is 16.6. The van der Waals surface area contributed by atoms with E-state index in [1.807, 2.05) is 24.3 Å². The molecule has 0 N–H and O–H groups in total. The molecule has 1 aromatic carbocycles. The van der Waals surface area contributed by atoms with Gasteiger partial charge in [-0.1, -0.05) is 24.8 Å². The van der Waals surface area contributed by atoms with Crippen LogP contribution in [0.25, 0.3) is 11.5 Å². The third-order valence-electron chi connectivity index (χ3n) is 3.01. The zero-order valence-electron chi connectivity index (χ0n) is 12.9. The fraction of sp³-hybridized carbons (Fsp3) is 0.333. The SMILES string of the molecule is CCCc1nnc(SCc2nnc(-c3cccc(OC)c3)o2)o1. The summed E-state index contributed by atoms with van der Waals surface area (Å²) in [7, 11) is 1.62. The summed E-state index contributed by atoms with van der Waals surface area (Å²) in [6, 6.07) is 7.47. The molecule has 8 heteroatoms. The third-order valence-corrected chi connectivity index (χ3v) is 3.82. The highest BCUT2D eigenvalue weighted by Gasteiger charge is 2.12. The molecular weight excluding hydrogens is 316 g/mol. The monoisotopic (exact) mass is 332 g/mol. The molecule has 0 aliphatic heterocycles. The largest absolute Gasteiger partial charge is 0.497 e. The molecule has 0 bridgehead atoms. The van der Waals surface area contributed by atoms with E-state index in [1.54, 1.807) is 7.11 Å². The third kappa shape index (κ3) is 3.89. The van der Waals surface area contributed by atoms with Crippen LogP contribution in [0.4, 0.5) is 0 Å². The van der Waals surface area contributed by atoms with Crippen molar-refractivity contribution in [2.75, 3.05) is 7.11 Å². The van der Waals surface area contributed by atoms with Crippen LogP contribution >= 0.6 is 11.8 Å². The number of thioether (sulfide) groups is 1. The van der Waals surface area contributed by atoms with E-state index in [4.69, 9.17) is 13.6 Å². The Morgan fingerprint density at radius 1 is 1.09 bits per heavy atom. The van der Waals surface area contributed by atoms with Gasteiger partial charge < -0.3 is 13.6 Å². The molecule has 0 fully saturated rings. The van der Waals surface area contributed by atoms with Crippen LogP contribution in [-0.2, 0) is 12.2 Å². The maximum Gasteiger partial charge on any atom is 0.277 e. The van der Waals surface area contributed by atoms with Crippen LogP contribution in [0.1, 0.15) is 25.1 Å².